The second-order valence-electron chi connectivity index (χ2n) is 8.09. The molecule has 2 aliphatic carbocycles. The first-order valence-corrected chi connectivity index (χ1v) is 12.1. The van der Waals surface area contributed by atoms with Crippen LogP contribution in [0.25, 0.3) is 0 Å². The van der Waals surface area contributed by atoms with Crippen molar-refractivity contribution in [3.63, 3.8) is 0 Å². The first kappa shape index (κ1) is 18.2. The van der Waals surface area contributed by atoms with Crippen molar-refractivity contribution < 1.29 is 9.22 Å². The predicted octanol–water partition coefficient (Wildman–Crippen LogP) is 5.43. The molecule has 2 nitrogen and oxygen atoms in total. The van der Waals surface area contributed by atoms with Gasteiger partial charge in [-0.15, -0.1) is 0 Å². The van der Waals surface area contributed by atoms with E-state index in [1.807, 2.05) is 0 Å². The molecule has 0 amide bonds. The van der Waals surface area contributed by atoms with E-state index in [4.69, 9.17) is 4.43 Å². The molecule has 0 aromatic heterocycles. The molecule has 2 aliphatic rings. The lowest BCUT2D eigenvalue weighted by Crippen LogP contribution is -2.42. The smallest absolute Gasteiger partial charge is 0.191 e. The molecule has 0 saturated heterocycles. The maximum atomic E-state index is 12.3. The van der Waals surface area contributed by atoms with Crippen LogP contribution < -0.4 is 0 Å². The van der Waals surface area contributed by atoms with Gasteiger partial charge in [-0.1, -0.05) is 34.6 Å². The summed E-state index contributed by atoms with van der Waals surface area (Å²) in [6.07, 6.45) is 5.54. The number of fused-ring (bicyclic) bond motifs is 1. The van der Waals surface area contributed by atoms with Crippen LogP contribution in [0.15, 0.2) is 0 Å². The van der Waals surface area contributed by atoms with Gasteiger partial charge in [0.15, 0.2) is 8.32 Å². The van der Waals surface area contributed by atoms with E-state index in [1.54, 1.807) is 0 Å². The van der Waals surface area contributed by atoms with Gasteiger partial charge in [0.1, 0.15) is 5.78 Å². The number of hydrogen-bond donors (Lipinski definition) is 0. The lowest BCUT2D eigenvalue weighted by Gasteiger charge is -2.43. The van der Waals surface area contributed by atoms with Crippen LogP contribution in [-0.4, -0.2) is 20.7 Å². The fourth-order valence-electron chi connectivity index (χ4n) is 5.39. The van der Waals surface area contributed by atoms with E-state index in [0.717, 1.165) is 25.9 Å². The fourth-order valence-corrected chi connectivity index (χ4v) is 8.11. The molecule has 0 spiro atoms. The van der Waals surface area contributed by atoms with E-state index in [-0.39, 0.29) is 5.41 Å². The molecule has 0 bridgehead atoms. The monoisotopic (exact) mass is 324 g/mol. The van der Waals surface area contributed by atoms with Gasteiger partial charge >= 0.3 is 0 Å². The SMILES string of the molecule is CC[Si](CC)(CC)OC[C@@H](C)C1CCC2C(=O)CCC[C@@]21C. The summed E-state index contributed by atoms with van der Waals surface area (Å²) >= 11 is 0. The summed E-state index contributed by atoms with van der Waals surface area (Å²) in [4.78, 5) is 12.3. The van der Waals surface area contributed by atoms with Gasteiger partial charge in [0.2, 0.25) is 0 Å². The van der Waals surface area contributed by atoms with Gasteiger partial charge in [0.05, 0.1) is 0 Å². The number of Topliss-reactive ketones (excluding diaryl/α,β-unsaturated/α-hetero) is 1. The minimum absolute atomic E-state index is 0.257. The van der Waals surface area contributed by atoms with Gasteiger partial charge in [0, 0.05) is 18.9 Å². The Morgan fingerprint density at radius 2 is 1.86 bits per heavy atom. The minimum Gasteiger partial charge on any atom is -0.417 e. The third-order valence-corrected chi connectivity index (χ3v) is 11.9. The lowest BCUT2D eigenvalue weighted by molar-refractivity contribution is -0.130. The highest BCUT2D eigenvalue weighted by Gasteiger charge is 2.52. The first-order valence-electron chi connectivity index (χ1n) is 9.59. The Labute approximate surface area is 138 Å². The topological polar surface area (TPSA) is 26.3 Å². The van der Waals surface area contributed by atoms with E-state index >= 15 is 0 Å². The summed E-state index contributed by atoms with van der Waals surface area (Å²) in [5.41, 5.74) is 0.257. The maximum absolute atomic E-state index is 12.3. The molecule has 2 saturated carbocycles. The largest absolute Gasteiger partial charge is 0.417 e. The number of hydrogen-bond acceptors (Lipinski definition) is 2. The van der Waals surface area contributed by atoms with Crippen molar-refractivity contribution in [3.05, 3.63) is 0 Å². The second-order valence-corrected chi connectivity index (χ2v) is 12.9. The van der Waals surface area contributed by atoms with E-state index in [9.17, 15) is 4.79 Å². The molecule has 2 unspecified atom stereocenters. The zero-order valence-electron chi connectivity index (χ0n) is 15.4. The van der Waals surface area contributed by atoms with Crippen molar-refractivity contribution in [3.8, 4) is 0 Å². The molecule has 4 atom stereocenters. The Balaban J connectivity index is 2.01. The van der Waals surface area contributed by atoms with Crippen molar-refractivity contribution in [2.45, 2.75) is 84.9 Å². The Bertz CT molecular complexity index is 383. The molecular weight excluding hydrogens is 288 g/mol. The Morgan fingerprint density at radius 1 is 1.23 bits per heavy atom. The Morgan fingerprint density at radius 3 is 2.45 bits per heavy atom. The highest BCUT2D eigenvalue weighted by molar-refractivity contribution is 6.73. The molecule has 0 N–H and O–H groups in total. The lowest BCUT2D eigenvalue weighted by atomic mass is 9.62. The summed E-state index contributed by atoms with van der Waals surface area (Å²) in [6, 6.07) is 3.70. The summed E-state index contributed by atoms with van der Waals surface area (Å²) in [5, 5.41) is 0. The molecule has 2 fully saturated rings. The molecule has 128 valence electrons. The Hall–Kier alpha value is -0.153. The van der Waals surface area contributed by atoms with Crippen LogP contribution >= 0.6 is 0 Å². The zero-order valence-corrected chi connectivity index (χ0v) is 16.4. The van der Waals surface area contributed by atoms with Crippen LogP contribution in [0.5, 0.6) is 0 Å². The highest BCUT2D eigenvalue weighted by atomic mass is 28.4. The number of ketones is 1. The third kappa shape index (κ3) is 3.21. The van der Waals surface area contributed by atoms with Gasteiger partial charge in [-0.2, -0.15) is 0 Å². The average Bonchev–Trinajstić information content (AvgIpc) is 2.87. The normalized spacial score (nSPS) is 33.8. The van der Waals surface area contributed by atoms with Crippen LogP contribution in [0, 0.1) is 23.2 Å². The summed E-state index contributed by atoms with van der Waals surface area (Å²) in [7, 11) is -1.48. The van der Waals surface area contributed by atoms with Crippen LogP contribution in [-0.2, 0) is 9.22 Å². The van der Waals surface area contributed by atoms with Gasteiger partial charge in [-0.25, -0.2) is 0 Å². The molecule has 0 aliphatic heterocycles. The van der Waals surface area contributed by atoms with Crippen molar-refractivity contribution in [1.82, 2.24) is 0 Å². The molecule has 2 rings (SSSR count). The van der Waals surface area contributed by atoms with Crippen LogP contribution in [0.1, 0.15) is 66.7 Å². The van der Waals surface area contributed by atoms with Crippen LogP contribution in [0.2, 0.25) is 18.1 Å². The van der Waals surface area contributed by atoms with Gasteiger partial charge in [-0.3, -0.25) is 4.79 Å². The molecule has 0 radical (unpaired) electrons. The standard InChI is InChI=1S/C19H36O2Si/c1-6-22(7-2,8-3)21-14-15(4)16-11-12-17-18(20)10-9-13-19(16,17)5/h15-17H,6-14H2,1-5H3/t15-,16?,17?,19-/m1/s1. The third-order valence-electron chi connectivity index (χ3n) is 7.21. The van der Waals surface area contributed by atoms with Crippen molar-refractivity contribution in [2.24, 2.45) is 23.2 Å². The number of carbonyl (C=O) groups is 1. The quantitative estimate of drug-likeness (QED) is 0.584. The Kier molecular flexibility index (Phi) is 5.93. The molecule has 0 aromatic carbocycles. The molecule has 22 heavy (non-hydrogen) atoms. The average molecular weight is 325 g/mol. The van der Waals surface area contributed by atoms with E-state index < -0.39 is 8.32 Å². The van der Waals surface area contributed by atoms with Crippen molar-refractivity contribution in [1.29, 1.82) is 0 Å². The number of carbonyl (C=O) groups excluding carboxylic acids is 1. The molecule has 3 heteroatoms. The number of rotatable bonds is 7. The van der Waals surface area contributed by atoms with E-state index in [2.05, 4.69) is 34.6 Å². The summed E-state index contributed by atoms with van der Waals surface area (Å²) < 4.78 is 6.56. The van der Waals surface area contributed by atoms with Gasteiger partial charge in [0.25, 0.3) is 0 Å². The molecule has 0 heterocycles. The minimum atomic E-state index is -1.48. The summed E-state index contributed by atoms with van der Waals surface area (Å²) in [5.74, 6) is 2.17. The first-order chi connectivity index (χ1) is 10.4. The predicted molar refractivity (Wildman–Crippen MR) is 95.5 cm³/mol. The summed E-state index contributed by atoms with van der Waals surface area (Å²) in [6.45, 7) is 12.6. The fraction of sp³-hybridized carbons (Fsp3) is 0.947. The van der Waals surface area contributed by atoms with Crippen LogP contribution in [0.4, 0.5) is 0 Å². The molecular formula is C19H36O2Si. The van der Waals surface area contributed by atoms with Gasteiger partial charge in [-0.05, 0) is 61.1 Å². The molecule has 0 aromatic rings. The van der Waals surface area contributed by atoms with Crippen molar-refractivity contribution in [2.75, 3.05) is 6.61 Å². The van der Waals surface area contributed by atoms with E-state index in [1.165, 1.54) is 31.0 Å². The van der Waals surface area contributed by atoms with Crippen LogP contribution in [0.3, 0.4) is 0 Å². The van der Waals surface area contributed by atoms with Gasteiger partial charge < -0.3 is 4.43 Å². The van der Waals surface area contributed by atoms with Crippen molar-refractivity contribution >= 4 is 14.1 Å². The van der Waals surface area contributed by atoms with E-state index in [0.29, 0.717) is 23.5 Å². The second kappa shape index (κ2) is 7.17. The highest BCUT2D eigenvalue weighted by Crippen LogP contribution is 2.56. The zero-order chi connectivity index (χ0) is 16.4. The maximum Gasteiger partial charge on any atom is 0.191 e.